The first-order valence-electron chi connectivity index (χ1n) is 5.68. The normalized spacial score (nSPS) is 11.0. The van der Waals surface area contributed by atoms with E-state index in [2.05, 4.69) is 9.97 Å². The zero-order chi connectivity index (χ0) is 14.2. The molecule has 0 amide bonds. The molecule has 0 spiro atoms. The highest BCUT2D eigenvalue weighted by molar-refractivity contribution is 5.56. The molecule has 0 unspecified atom stereocenters. The number of aromatic nitrogens is 2. The third-order valence-electron chi connectivity index (χ3n) is 2.65. The van der Waals surface area contributed by atoms with E-state index in [0.29, 0.717) is 6.07 Å². The maximum Gasteiger partial charge on any atom is 0.258 e. The van der Waals surface area contributed by atoms with E-state index in [4.69, 9.17) is 0 Å². The number of hydrogen-bond acceptors (Lipinski definition) is 3. The minimum Gasteiger partial charge on any atom is -0.493 e. The van der Waals surface area contributed by atoms with Crippen LogP contribution in [0.15, 0.2) is 23.0 Å². The van der Waals surface area contributed by atoms with Gasteiger partial charge in [-0.15, -0.1) is 0 Å². The number of aromatic hydroxyl groups is 1. The minimum absolute atomic E-state index is 0.0557. The second-order valence-electron chi connectivity index (χ2n) is 4.46. The highest BCUT2D eigenvalue weighted by atomic mass is 19.1. The first-order chi connectivity index (χ1) is 8.88. The van der Waals surface area contributed by atoms with Gasteiger partial charge in [-0.3, -0.25) is 4.79 Å². The second-order valence-corrected chi connectivity index (χ2v) is 4.46. The average molecular weight is 266 g/mol. The lowest BCUT2D eigenvalue weighted by atomic mass is 10.1. The molecule has 0 aliphatic carbocycles. The number of nitrogens with one attached hydrogen (secondary N) is 1. The zero-order valence-corrected chi connectivity index (χ0v) is 10.4. The summed E-state index contributed by atoms with van der Waals surface area (Å²) in [4.78, 5) is 18.0. The lowest BCUT2D eigenvalue weighted by Gasteiger charge is -2.08. The molecule has 0 atom stereocenters. The monoisotopic (exact) mass is 266 g/mol. The molecular weight excluding hydrogens is 254 g/mol. The first-order valence-corrected chi connectivity index (χ1v) is 5.68. The van der Waals surface area contributed by atoms with Crippen LogP contribution < -0.4 is 5.56 Å². The Morgan fingerprint density at radius 1 is 1.21 bits per heavy atom. The average Bonchev–Trinajstić information content (AvgIpc) is 2.25. The van der Waals surface area contributed by atoms with E-state index in [-0.39, 0.29) is 22.9 Å². The highest BCUT2D eigenvalue weighted by Crippen LogP contribution is 2.23. The predicted octanol–water partition coefficient (Wildman–Crippen LogP) is 2.54. The van der Waals surface area contributed by atoms with Crippen molar-refractivity contribution in [3.63, 3.8) is 0 Å². The number of aromatic amines is 1. The van der Waals surface area contributed by atoms with E-state index in [0.717, 1.165) is 12.1 Å². The van der Waals surface area contributed by atoms with Crippen molar-refractivity contribution >= 4 is 0 Å². The largest absolute Gasteiger partial charge is 0.493 e. The van der Waals surface area contributed by atoms with Crippen LogP contribution in [0.4, 0.5) is 8.78 Å². The van der Waals surface area contributed by atoms with Gasteiger partial charge >= 0.3 is 0 Å². The van der Waals surface area contributed by atoms with Gasteiger partial charge in [0.05, 0.1) is 5.56 Å². The lowest BCUT2D eigenvalue weighted by molar-refractivity contribution is 0.440. The first kappa shape index (κ1) is 13.2. The number of benzene rings is 1. The fourth-order valence-electron chi connectivity index (χ4n) is 1.82. The highest BCUT2D eigenvalue weighted by Gasteiger charge is 2.15. The summed E-state index contributed by atoms with van der Waals surface area (Å²) in [6.07, 6.45) is 0. The zero-order valence-electron chi connectivity index (χ0n) is 10.4. The molecule has 1 aromatic carbocycles. The Morgan fingerprint density at radius 3 is 2.26 bits per heavy atom. The van der Waals surface area contributed by atoms with Gasteiger partial charge in [-0.2, -0.15) is 4.98 Å². The summed E-state index contributed by atoms with van der Waals surface area (Å²) in [5.41, 5.74) is -0.331. The van der Waals surface area contributed by atoms with E-state index in [1.165, 1.54) is 0 Å². The quantitative estimate of drug-likeness (QED) is 0.877. The summed E-state index contributed by atoms with van der Waals surface area (Å²) < 4.78 is 26.2. The fraction of sp³-hybridized carbons (Fsp3) is 0.231. The van der Waals surface area contributed by atoms with Crippen LogP contribution in [0.3, 0.4) is 0 Å². The molecule has 1 aromatic heterocycles. The summed E-state index contributed by atoms with van der Waals surface area (Å²) in [5.74, 6) is -2.30. The molecule has 0 aliphatic heterocycles. The number of nitrogens with zero attached hydrogens (tertiary/aromatic N) is 1. The van der Waals surface area contributed by atoms with E-state index in [9.17, 15) is 18.7 Å². The van der Waals surface area contributed by atoms with Crippen molar-refractivity contribution in [3.8, 4) is 17.3 Å². The van der Waals surface area contributed by atoms with Crippen LogP contribution in [-0.4, -0.2) is 15.1 Å². The standard InChI is InChI=1S/C13H12F2N2O2/c1-6(2)10-12(18)16-11(17-13(10)19)7-3-8(14)5-9(15)4-7/h3-6H,1-2H3,(H2,16,17,18,19). The number of H-pyrrole nitrogens is 1. The number of hydrogen-bond donors (Lipinski definition) is 2. The topological polar surface area (TPSA) is 66.0 Å². The van der Waals surface area contributed by atoms with Crippen LogP contribution in [0.2, 0.25) is 0 Å². The van der Waals surface area contributed by atoms with Gasteiger partial charge in [0.25, 0.3) is 5.56 Å². The smallest absolute Gasteiger partial charge is 0.258 e. The van der Waals surface area contributed by atoms with E-state index < -0.39 is 23.1 Å². The Hall–Kier alpha value is -2.24. The van der Waals surface area contributed by atoms with Crippen molar-refractivity contribution in [2.24, 2.45) is 0 Å². The SMILES string of the molecule is CC(C)c1c(O)nc(-c2cc(F)cc(F)c2)[nH]c1=O. The molecule has 0 saturated carbocycles. The molecule has 0 radical (unpaired) electrons. The van der Waals surface area contributed by atoms with Crippen LogP contribution in [0, 0.1) is 11.6 Å². The molecule has 0 fully saturated rings. The second kappa shape index (κ2) is 4.79. The number of halogens is 2. The van der Waals surface area contributed by atoms with Gasteiger partial charge in [-0.25, -0.2) is 8.78 Å². The van der Waals surface area contributed by atoms with Crippen LogP contribution in [-0.2, 0) is 0 Å². The Kier molecular flexibility index (Phi) is 3.33. The van der Waals surface area contributed by atoms with Crippen molar-refractivity contribution in [2.75, 3.05) is 0 Å². The molecule has 2 aromatic rings. The molecule has 6 heteroatoms. The van der Waals surface area contributed by atoms with Crippen molar-refractivity contribution < 1.29 is 13.9 Å². The maximum absolute atomic E-state index is 13.1. The fourth-order valence-corrected chi connectivity index (χ4v) is 1.82. The molecule has 4 nitrogen and oxygen atoms in total. The van der Waals surface area contributed by atoms with E-state index in [1.807, 2.05) is 0 Å². The van der Waals surface area contributed by atoms with Crippen molar-refractivity contribution in [3.05, 3.63) is 45.8 Å². The molecule has 2 rings (SSSR count). The molecule has 2 N–H and O–H groups in total. The van der Waals surface area contributed by atoms with Gasteiger partial charge in [0.2, 0.25) is 5.88 Å². The van der Waals surface area contributed by atoms with Crippen molar-refractivity contribution in [1.29, 1.82) is 0 Å². The third-order valence-corrected chi connectivity index (χ3v) is 2.65. The van der Waals surface area contributed by atoms with Crippen LogP contribution in [0.1, 0.15) is 25.3 Å². The third kappa shape index (κ3) is 2.62. The summed E-state index contributed by atoms with van der Waals surface area (Å²) in [6.45, 7) is 3.46. The van der Waals surface area contributed by atoms with E-state index in [1.54, 1.807) is 13.8 Å². The summed E-state index contributed by atoms with van der Waals surface area (Å²) in [5, 5.41) is 9.72. The van der Waals surface area contributed by atoms with Crippen LogP contribution in [0.5, 0.6) is 5.88 Å². The molecule has 0 aliphatic rings. The van der Waals surface area contributed by atoms with Crippen LogP contribution in [0.25, 0.3) is 11.4 Å². The molecule has 0 saturated heterocycles. The Balaban J connectivity index is 2.62. The van der Waals surface area contributed by atoms with Gasteiger partial charge < -0.3 is 10.1 Å². The predicted molar refractivity (Wildman–Crippen MR) is 66.0 cm³/mol. The van der Waals surface area contributed by atoms with Crippen molar-refractivity contribution in [2.45, 2.75) is 19.8 Å². The summed E-state index contributed by atoms with van der Waals surface area (Å²) >= 11 is 0. The van der Waals surface area contributed by atoms with Gasteiger partial charge in [-0.1, -0.05) is 13.8 Å². The van der Waals surface area contributed by atoms with Gasteiger partial charge in [-0.05, 0) is 18.1 Å². The van der Waals surface area contributed by atoms with Gasteiger partial charge in [0.1, 0.15) is 17.5 Å². The number of rotatable bonds is 2. The Bertz CT molecular complexity index is 661. The lowest BCUT2D eigenvalue weighted by Crippen LogP contribution is -2.16. The van der Waals surface area contributed by atoms with E-state index >= 15 is 0 Å². The van der Waals surface area contributed by atoms with Crippen molar-refractivity contribution in [1.82, 2.24) is 9.97 Å². The summed E-state index contributed by atoms with van der Waals surface area (Å²) in [7, 11) is 0. The molecular formula is C13H12F2N2O2. The van der Waals surface area contributed by atoms with Crippen LogP contribution >= 0.6 is 0 Å². The molecule has 19 heavy (non-hydrogen) atoms. The molecule has 0 bridgehead atoms. The Labute approximate surface area is 107 Å². The van der Waals surface area contributed by atoms with Gasteiger partial charge in [0, 0.05) is 11.6 Å². The Morgan fingerprint density at radius 2 is 1.79 bits per heavy atom. The minimum atomic E-state index is -0.787. The molecule has 100 valence electrons. The summed E-state index contributed by atoms with van der Waals surface area (Å²) in [6, 6.07) is 2.76. The molecule has 1 heterocycles. The van der Waals surface area contributed by atoms with Gasteiger partial charge in [0.15, 0.2) is 0 Å². The maximum atomic E-state index is 13.1.